The van der Waals surface area contributed by atoms with Crippen molar-refractivity contribution in [3.05, 3.63) is 46.8 Å². The third kappa shape index (κ3) is 2.65. The van der Waals surface area contributed by atoms with Crippen LogP contribution in [0.5, 0.6) is 0 Å². The van der Waals surface area contributed by atoms with Gasteiger partial charge in [-0.3, -0.25) is 0 Å². The highest BCUT2D eigenvalue weighted by Crippen LogP contribution is 2.33. The summed E-state index contributed by atoms with van der Waals surface area (Å²) < 4.78 is 1.00. The number of hydrogen-bond acceptors (Lipinski definition) is 3. The minimum atomic E-state index is -0.868. The highest BCUT2D eigenvalue weighted by molar-refractivity contribution is 8.01. The summed E-state index contributed by atoms with van der Waals surface area (Å²) >= 11 is 3.06. The van der Waals surface area contributed by atoms with Crippen molar-refractivity contribution in [1.82, 2.24) is 0 Å². The summed E-state index contributed by atoms with van der Waals surface area (Å²) in [6.07, 6.45) is 0. The summed E-state index contributed by atoms with van der Waals surface area (Å²) in [7, 11) is 0. The zero-order chi connectivity index (χ0) is 11.5. The lowest BCUT2D eigenvalue weighted by Gasteiger charge is -1.99. The number of thiophene rings is 1. The summed E-state index contributed by atoms with van der Waals surface area (Å²) in [5.41, 5.74) is 1.57. The number of carbonyl (C=O) groups is 1. The normalized spacial score (nSPS) is 10.3. The minimum Gasteiger partial charge on any atom is -0.478 e. The molecule has 4 heteroatoms. The number of hydrogen-bond donors (Lipinski definition) is 1. The molecule has 0 aliphatic rings. The first-order chi connectivity index (χ1) is 7.65. The molecule has 0 fully saturated rings. The van der Waals surface area contributed by atoms with Crippen molar-refractivity contribution in [2.75, 3.05) is 0 Å². The molecule has 2 rings (SSSR count). The van der Waals surface area contributed by atoms with Crippen molar-refractivity contribution in [3.63, 3.8) is 0 Å². The quantitative estimate of drug-likeness (QED) is 0.897. The SMILES string of the molecule is Cc1cccc(Sc2cc(C(=O)O)cs2)c1. The molecule has 1 N–H and O–H groups in total. The minimum absolute atomic E-state index is 0.361. The van der Waals surface area contributed by atoms with Crippen LogP contribution in [0.15, 0.2) is 44.8 Å². The Hall–Kier alpha value is -1.26. The lowest BCUT2D eigenvalue weighted by atomic mass is 10.2. The van der Waals surface area contributed by atoms with Crippen LogP contribution in [0.2, 0.25) is 0 Å². The Labute approximate surface area is 102 Å². The number of carboxylic acid groups (broad SMARTS) is 1. The molecule has 1 aromatic heterocycles. The first kappa shape index (κ1) is 11.2. The summed E-state index contributed by atoms with van der Waals surface area (Å²) in [4.78, 5) is 11.9. The van der Waals surface area contributed by atoms with Crippen LogP contribution in [-0.4, -0.2) is 11.1 Å². The fraction of sp³-hybridized carbons (Fsp3) is 0.0833. The summed E-state index contributed by atoms with van der Waals surface area (Å²) in [6, 6.07) is 9.87. The van der Waals surface area contributed by atoms with E-state index in [1.54, 1.807) is 23.2 Å². The average molecular weight is 250 g/mol. The molecule has 0 aliphatic carbocycles. The molecule has 16 heavy (non-hydrogen) atoms. The molecule has 1 heterocycles. The van der Waals surface area contributed by atoms with Gasteiger partial charge in [0.15, 0.2) is 0 Å². The number of rotatable bonds is 3. The third-order valence-corrected chi connectivity index (χ3v) is 4.10. The number of aryl methyl sites for hydroxylation is 1. The second kappa shape index (κ2) is 4.72. The Balaban J connectivity index is 2.17. The van der Waals surface area contributed by atoms with E-state index in [4.69, 9.17) is 5.11 Å². The zero-order valence-corrected chi connectivity index (χ0v) is 10.3. The van der Waals surface area contributed by atoms with E-state index in [0.29, 0.717) is 5.56 Å². The number of benzene rings is 1. The second-order valence-corrected chi connectivity index (χ2v) is 5.66. The van der Waals surface area contributed by atoms with Crippen LogP contribution in [-0.2, 0) is 0 Å². The van der Waals surface area contributed by atoms with Gasteiger partial charge in [0.1, 0.15) is 0 Å². The summed E-state index contributed by atoms with van der Waals surface area (Å²) in [6.45, 7) is 2.04. The van der Waals surface area contributed by atoms with Gasteiger partial charge < -0.3 is 5.11 Å². The van der Waals surface area contributed by atoms with Crippen LogP contribution in [0.1, 0.15) is 15.9 Å². The maximum atomic E-state index is 10.7. The molecule has 1 aromatic carbocycles. The third-order valence-electron chi connectivity index (χ3n) is 2.03. The lowest BCUT2D eigenvalue weighted by molar-refractivity contribution is 0.0697. The average Bonchev–Trinajstić information content (AvgIpc) is 2.66. The van der Waals surface area contributed by atoms with Crippen LogP contribution in [0.25, 0.3) is 0 Å². The van der Waals surface area contributed by atoms with Gasteiger partial charge in [-0.2, -0.15) is 0 Å². The fourth-order valence-corrected chi connectivity index (χ4v) is 3.32. The van der Waals surface area contributed by atoms with Crippen molar-refractivity contribution in [2.24, 2.45) is 0 Å². The van der Waals surface area contributed by atoms with Crippen LogP contribution in [0.3, 0.4) is 0 Å². The first-order valence-corrected chi connectivity index (χ1v) is 6.41. The van der Waals surface area contributed by atoms with E-state index in [0.717, 1.165) is 9.10 Å². The van der Waals surface area contributed by atoms with Gasteiger partial charge in [0, 0.05) is 10.3 Å². The standard InChI is InChI=1S/C12H10O2S2/c1-8-3-2-4-10(5-8)16-11-6-9(7-15-11)12(13)14/h2-7H,1H3,(H,13,14). The van der Waals surface area contributed by atoms with E-state index in [1.807, 2.05) is 25.1 Å². The second-order valence-electron chi connectivity index (χ2n) is 3.38. The van der Waals surface area contributed by atoms with Crippen molar-refractivity contribution >= 4 is 29.1 Å². The van der Waals surface area contributed by atoms with Gasteiger partial charge in [0.25, 0.3) is 0 Å². The predicted octanol–water partition coefficient (Wildman–Crippen LogP) is 3.91. The Morgan fingerprint density at radius 2 is 2.19 bits per heavy atom. The molecule has 0 amide bonds. The monoisotopic (exact) mass is 250 g/mol. The molecule has 0 bridgehead atoms. The van der Waals surface area contributed by atoms with Crippen molar-refractivity contribution in [1.29, 1.82) is 0 Å². The molecule has 0 saturated heterocycles. The van der Waals surface area contributed by atoms with Gasteiger partial charge in [-0.1, -0.05) is 29.5 Å². The molecule has 0 aliphatic heterocycles. The first-order valence-electron chi connectivity index (χ1n) is 4.71. The van der Waals surface area contributed by atoms with E-state index in [1.165, 1.54) is 16.9 Å². The number of carboxylic acids is 1. The maximum absolute atomic E-state index is 10.7. The fourth-order valence-electron chi connectivity index (χ4n) is 1.28. The highest BCUT2D eigenvalue weighted by Gasteiger charge is 2.07. The van der Waals surface area contributed by atoms with Crippen LogP contribution < -0.4 is 0 Å². The molecule has 0 saturated carbocycles. The Bertz CT molecular complexity index is 517. The lowest BCUT2D eigenvalue weighted by Crippen LogP contribution is -1.91. The van der Waals surface area contributed by atoms with Gasteiger partial charge in [-0.05, 0) is 25.1 Å². The molecule has 0 atom stereocenters. The maximum Gasteiger partial charge on any atom is 0.336 e. The van der Waals surface area contributed by atoms with E-state index in [-0.39, 0.29) is 0 Å². The van der Waals surface area contributed by atoms with Gasteiger partial charge in [0.2, 0.25) is 0 Å². The predicted molar refractivity (Wildman–Crippen MR) is 66.6 cm³/mol. The van der Waals surface area contributed by atoms with Gasteiger partial charge in [0.05, 0.1) is 9.77 Å². The highest BCUT2D eigenvalue weighted by atomic mass is 32.2. The van der Waals surface area contributed by atoms with Crippen LogP contribution in [0.4, 0.5) is 0 Å². The topological polar surface area (TPSA) is 37.3 Å². The van der Waals surface area contributed by atoms with E-state index in [9.17, 15) is 4.79 Å². The molecular weight excluding hydrogens is 240 g/mol. The summed E-state index contributed by atoms with van der Waals surface area (Å²) in [5, 5.41) is 10.5. The van der Waals surface area contributed by atoms with E-state index in [2.05, 4.69) is 6.07 Å². The Kier molecular flexibility index (Phi) is 3.31. The van der Waals surface area contributed by atoms with Gasteiger partial charge in [-0.15, -0.1) is 11.3 Å². The molecular formula is C12H10O2S2. The van der Waals surface area contributed by atoms with Crippen molar-refractivity contribution < 1.29 is 9.90 Å². The molecule has 0 radical (unpaired) electrons. The molecule has 0 spiro atoms. The zero-order valence-electron chi connectivity index (χ0n) is 8.64. The van der Waals surface area contributed by atoms with Crippen molar-refractivity contribution in [3.8, 4) is 0 Å². The van der Waals surface area contributed by atoms with Crippen molar-refractivity contribution in [2.45, 2.75) is 16.0 Å². The van der Waals surface area contributed by atoms with Gasteiger partial charge >= 0.3 is 5.97 Å². The number of aromatic carboxylic acids is 1. The van der Waals surface area contributed by atoms with E-state index < -0.39 is 5.97 Å². The molecule has 82 valence electrons. The summed E-state index contributed by atoms with van der Waals surface area (Å²) in [5.74, 6) is -0.868. The largest absolute Gasteiger partial charge is 0.478 e. The van der Waals surface area contributed by atoms with E-state index >= 15 is 0 Å². The molecule has 2 nitrogen and oxygen atoms in total. The molecule has 2 aromatic rings. The van der Waals surface area contributed by atoms with Gasteiger partial charge in [-0.25, -0.2) is 4.79 Å². The Morgan fingerprint density at radius 3 is 2.81 bits per heavy atom. The van der Waals surface area contributed by atoms with Crippen LogP contribution in [0, 0.1) is 6.92 Å². The molecule has 0 unspecified atom stereocenters. The van der Waals surface area contributed by atoms with Crippen LogP contribution >= 0.6 is 23.1 Å². The smallest absolute Gasteiger partial charge is 0.336 e. The Morgan fingerprint density at radius 1 is 1.38 bits per heavy atom.